The number of anilines is 1. The number of carbonyl (C=O) groups is 1. The number of nitrogens with one attached hydrogen (secondary N) is 1. The van der Waals surface area contributed by atoms with Crippen LogP contribution >= 0.6 is 23.5 Å². The van der Waals surface area contributed by atoms with Gasteiger partial charge in [0.1, 0.15) is 11.6 Å². The van der Waals surface area contributed by atoms with Crippen LogP contribution in [-0.2, 0) is 23.3 Å². The predicted octanol–water partition coefficient (Wildman–Crippen LogP) is 4.12. The van der Waals surface area contributed by atoms with Crippen LogP contribution in [-0.4, -0.2) is 26.4 Å². The highest BCUT2D eigenvalue weighted by atomic mass is 32.2. The van der Waals surface area contributed by atoms with Crippen molar-refractivity contribution < 1.29 is 9.18 Å². The van der Waals surface area contributed by atoms with E-state index in [0.29, 0.717) is 10.9 Å². The van der Waals surface area contributed by atoms with Crippen LogP contribution in [0.25, 0.3) is 0 Å². The van der Waals surface area contributed by atoms with E-state index in [1.807, 2.05) is 41.9 Å². The van der Waals surface area contributed by atoms with Crippen molar-refractivity contribution in [3.05, 3.63) is 71.8 Å². The van der Waals surface area contributed by atoms with Crippen molar-refractivity contribution in [1.82, 2.24) is 14.8 Å². The fourth-order valence-electron chi connectivity index (χ4n) is 2.29. The summed E-state index contributed by atoms with van der Waals surface area (Å²) < 4.78 is 14.8. The van der Waals surface area contributed by atoms with Crippen molar-refractivity contribution in [2.45, 2.75) is 16.7 Å². The van der Waals surface area contributed by atoms with E-state index in [-0.39, 0.29) is 17.5 Å². The highest BCUT2D eigenvalue weighted by molar-refractivity contribution is 7.99. The van der Waals surface area contributed by atoms with E-state index in [1.54, 1.807) is 23.9 Å². The van der Waals surface area contributed by atoms with Gasteiger partial charge in [-0.1, -0.05) is 42.1 Å². The molecule has 3 rings (SSSR count). The Morgan fingerprint density at radius 1 is 1.07 bits per heavy atom. The van der Waals surface area contributed by atoms with Crippen LogP contribution in [0.3, 0.4) is 0 Å². The fraction of sp³-hybridized carbons (Fsp3) is 0.211. The lowest BCUT2D eigenvalue weighted by Crippen LogP contribution is -2.14. The summed E-state index contributed by atoms with van der Waals surface area (Å²) in [6.45, 7) is 0. The molecule has 0 spiro atoms. The fourth-order valence-corrected chi connectivity index (χ4v) is 3.98. The highest BCUT2D eigenvalue weighted by Crippen LogP contribution is 2.21. The van der Waals surface area contributed by atoms with E-state index in [4.69, 9.17) is 0 Å². The second-order valence-electron chi connectivity index (χ2n) is 5.78. The molecule has 0 radical (unpaired) electrons. The molecule has 0 fully saturated rings. The van der Waals surface area contributed by atoms with E-state index < -0.39 is 0 Å². The summed E-state index contributed by atoms with van der Waals surface area (Å²) in [5, 5.41) is 11.9. The predicted molar refractivity (Wildman–Crippen MR) is 108 cm³/mol. The molecule has 1 N–H and O–H groups in total. The number of nitrogens with zero attached hydrogens (tertiary/aromatic N) is 3. The number of amides is 1. The van der Waals surface area contributed by atoms with Gasteiger partial charge in [-0.05, 0) is 29.8 Å². The lowest BCUT2D eigenvalue weighted by molar-refractivity contribution is -0.113. The number of thioether (sulfide) groups is 2. The third-order valence-corrected chi connectivity index (χ3v) is 5.75. The number of rotatable bonds is 8. The number of hydrogen-bond acceptors (Lipinski definition) is 5. The topological polar surface area (TPSA) is 59.8 Å². The average Bonchev–Trinajstić information content (AvgIpc) is 3.02. The summed E-state index contributed by atoms with van der Waals surface area (Å²) in [5.41, 5.74) is 1.84. The number of benzene rings is 2. The number of para-hydroxylation sites is 1. The zero-order chi connectivity index (χ0) is 19.1. The Bertz CT molecular complexity index is 884. The number of hydrogen-bond donors (Lipinski definition) is 1. The molecule has 1 heterocycles. The first-order valence-electron chi connectivity index (χ1n) is 8.30. The van der Waals surface area contributed by atoms with Crippen LogP contribution in [0.5, 0.6) is 0 Å². The Hall–Kier alpha value is -2.32. The first-order chi connectivity index (χ1) is 13.1. The van der Waals surface area contributed by atoms with Crippen LogP contribution in [0.15, 0.2) is 59.8 Å². The van der Waals surface area contributed by atoms with Gasteiger partial charge in [-0.25, -0.2) is 4.39 Å². The zero-order valence-electron chi connectivity index (χ0n) is 14.8. The molecule has 0 aliphatic heterocycles. The quantitative estimate of drug-likeness (QED) is 0.575. The van der Waals surface area contributed by atoms with Gasteiger partial charge in [-0.3, -0.25) is 4.79 Å². The van der Waals surface area contributed by atoms with Gasteiger partial charge in [-0.15, -0.1) is 22.0 Å². The third-order valence-electron chi connectivity index (χ3n) is 3.73. The van der Waals surface area contributed by atoms with Gasteiger partial charge >= 0.3 is 0 Å². The molecule has 0 bridgehead atoms. The minimum atomic E-state index is -0.227. The van der Waals surface area contributed by atoms with Gasteiger partial charge in [0, 0.05) is 18.5 Å². The van der Waals surface area contributed by atoms with E-state index in [1.165, 1.54) is 23.9 Å². The standard InChI is InChI=1S/C19H19FN4OS2/c1-24-17(12-26-11-14-7-9-15(20)10-8-14)22-23-19(24)27-13-18(25)21-16-5-3-2-4-6-16/h2-10H,11-13H2,1H3,(H,21,25). The maximum absolute atomic E-state index is 12.9. The van der Waals surface area contributed by atoms with Gasteiger partial charge in [-0.2, -0.15) is 0 Å². The average molecular weight is 403 g/mol. The smallest absolute Gasteiger partial charge is 0.234 e. The van der Waals surface area contributed by atoms with Crippen LogP contribution in [0.2, 0.25) is 0 Å². The molecule has 0 aliphatic rings. The van der Waals surface area contributed by atoms with Gasteiger partial charge < -0.3 is 9.88 Å². The molecule has 8 heteroatoms. The third kappa shape index (κ3) is 5.83. The SMILES string of the molecule is Cn1c(CSCc2ccc(F)cc2)nnc1SCC(=O)Nc1ccccc1. The molecular formula is C19H19FN4OS2. The summed E-state index contributed by atoms with van der Waals surface area (Å²) in [6, 6.07) is 15.9. The van der Waals surface area contributed by atoms with Crippen LogP contribution in [0.1, 0.15) is 11.4 Å². The molecule has 3 aromatic rings. The first-order valence-corrected chi connectivity index (χ1v) is 10.4. The van der Waals surface area contributed by atoms with Gasteiger partial charge in [0.05, 0.1) is 11.5 Å². The van der Waals surface area contributed by atoms with Crippen molar-refractivity contribution in [3.63, 3.8) is 0 Å². The molecule has 0 atom stereocenters. The van der Waals surface area contributed by atoms with E-state index in [9.17, 15) is 9.18 Å². The Kier molecular flexibility index (Phi) is 6.89. The largest absolute Gasteiger partial charge is 0.325 e. The van der Waals surface area contributed by atoms with Crippen molar-refractivity contribution in [1.29, 1.82) is 0 Å². The molecule has 140 valence electrons. The van der Waals surface area contributed by atoms with Crippen molar-refractivity contribution in [2.75, 3.05) is 11.1 Å². The maximum atomic E-state index is 12.9. The molecule has 5 nitrogen and oxygen atoms in total. The Labute approximate surface area is 165 Å². The first kappa shape index (κ1) is 19.4. The summed E-state index contributed by atoms with van der Waals surface area (Å²) in [5.74, 6) is 2.26. The zero-order valence-corrected chi connectivity index (χ0v) is 16.4. The lowest BCUT2D eigenvalue weighted by atomic mass is 10.2. The van der Waals surface area contributed by atoms with Gasteiger partial charge in [0.25, 0.3) is 0 Å². The maximum Gasteiger partial charge on any atom is 0.234 e. The molecule has 0 unspecified atom stereocenters. The van der Waals surface area contributed by atoms with Gasteiger partial charge in [0.15, 0.2) is 5.16 Å². The lowest BCUT2D eigenvalue weighted by Gasteiger charge is -2.05. The van der Waals surface area contributed by atoms with Crippen LogP contribution in [0.4, 0.5) is 10.1 Å². The molecule has 1 amide bonds. The summed E-state index contributed by atoms with van der Waals surface area (Å²) in [7, 11) is 1.89. The molecule has 0 saturated carbocycles. The van der Waals surface area contributed by atoms with E-state index in [0.717, 1.165) is 22.8 Å². The molecule has 0 saturated heterocycles. The minimum Gasteiger partial charge on any atom is -0.325 e. The molecular weight excluding hydrogens is 383 g/mol. The summed E-state index contributed by atoms with van der Waals surface area (Å²) in [4.78, 5) is 12.0. The number of aromatic nitrogens is 3. The molecule has 27 heavy (non-hydrogen) atoms. The Morgan fingerprint density at radius 2 is 1.81 bits per heavy atom. The molecule has 0 aliphatic carbocycles. The second kappa shape index (κ2) is 9.57. The molecule has 2 aromatic carbocycles. The normalized spacial score (nSPS) is 10.7. The van der Waals surface area contributed by atoms with Gasteiger partial charge in [0.2, 0.25) is 5.91 Å². The molecule has 1 aromatic heterocycles. The Morgan fingerprint density at radius 3 is 2.56 bits per heavy atom. The summed E-state index contributed by atoms with van der Waals surface area (Å²) >= 11 is 3.04. The minimum absolute atomic E-state index is 0.0820. The number of carbonyl (C=O) groups excluding carboxylic acids is 1. The van der Waals surface area contributed by atoms with Crippen LogP contribution in [0, 0.1) is 5.82 Å². The Balaban J connectivity index is 1.46. The monoisotopic (exact) mass is 402 g/mol. The van der Waals surface area contributed by atoms with E-state index >= 15 is 0 Å². The van der Waals surface area contributed by atoms with Crippen molar-refractivity contribution in [3.8, 4) is 0 Å². The number of halogens is 1. The van der Waals surface area contributed by atoms with Crippen molar-refractivity contribution in [2.24, 2.45) is 7.05 Å². The van der Waals surface area contributed by atoms with E-state index in [2.05, 4.69) is 15.5 Å². The second-order valence-corrected chi connectivity index (χ2v) is 7.71. The summed E-state index contributed by atoms with van der Waals surface area (Å²) in [6.07, 6.45) is 0. The van der Waals surface area contributed by atoms with Crippen molar-refractivity contribution >= 4 is 35.1 Å². The highest BCUT2D eigenvalue weighted by Gasteiger charge is 2.11. The van der Waals surface area contributed by atoms with Crippen LogP contribution < -0.4 is 5.32 Å².